The predicted molar refractivity (Wildman–Crippen MR) is 150 cm³/mol. The Morgan fingerprint density at radius 2 is 1.68 bits per heavy atom. The molecule has 0 aliphatic rings. The number of rotatable bonds is 13. The summed E-state index contributed by atoms with van der Waals surface area (Å²) in [5.74, 6) is -0.731. The number of amides is 2. The summed E-state index contributed by atoms with van der Waals surface area (Å²) in [6.07, 6.45) is 2.13. The number of nitrogens with zero attached hydrogens (tertiary/aromatic N) is 3. The number of hydrogen-bond donors (Lipinski definition) is 1. The predicted octanol–water partition coefficient (Wildman–Crippen LogP) is 4.29. The Hall–Kier alpha value is -2.62. The molecule has 0 spiro atoms. The summed E-state index contributed by atoms with van der Waals surface area (Å²) in [5, 5.41) is 3.48. The molecule has 0 heterocycles. The fourth-order valence-corrected chi connectivity index (χ4v) is 5.14. The van der Waals surface area contributed by atoms with Gasteiger partial charge in [0, 0.05) is 32.2 Å². The lowest BCUT2D eigenvalue weighted by atomic mass is 10.1. The first-order valence-electron chi connectivity index (χ1n) is 12.5. The largest absolute Gasteiger partial charge is 0.354 e. The van der Waals surface area contributed by atoms with Gasteiger partial charge in [0.05, 0.1) is 5.69 Å². The summed E-state index contributed by atoms with van der Waals surface area (Å²) >= 11 is 6.04. The van der Waals surface area contributed by atoms with Crippen LogP contribution in [0, 0.1) is 13.8 Å². The van der Waals surface area contributed by atoms with Crippen LogP contribution in [-0.2, 0) is 26.3 Å². The van der Waals surface area contributed by atoms with Gasteiger partial charge >= 0.3 is 10.2 Å². The summed E-state index contributed by atoms with van der Waals surface area (Å²) in [7, 11) is -1.15. The van der Waals surface area contributed by atoms with Gasteiger partial charge in [-0.05, 0) is 61.6 Å². The number of halogens is 1. The first kappa shape index (κ1) is 30.6. The fraction of sp³-hybridized carbons (Fsp3) is 0.481. The van der Waals surface area contributed by atoms with E-state index in [1.165, 1.54) is 19.0 Å². The third-order valence-corrected chi connectivity index (χ3v) is 8.19. The maximum absolute atomic E-state index is 13.9. The summed E-state index contributed by atoms with van der Waals surface area (Å²) in [5.41, 5.74) is 2.80. The van der Waals surface area contributed by atoms with Crippen molar-refractivity contribution >= 4 is 39.3 Å². The van der Waals surface area contributed by atoms with E-state index < -0.39 is 28.7 Å². The quantitative estimate of drug-likeness (QED) is 0.377. The van der Waals surface area contributed by atoms with E-state index in [0.29, 0.717) is 23.7 Å². The zero-order chi connectivity index (χ0) is 27.8. The van der Waals surface area contributed by atoms with Gasteiger partial charge in [0.1, 0.15) is 12.6 Å². The Labute approximate surface area is 226 Å². The van der Waals surface area contributed by atoms with Crippen molar-refractivity contribution in [2.24, 2.45) is 0 Å². The smallest absolute Gasteiger partial charge is 0.304 e. The average molecular weight is 551 g/mol. The van der Waals surface area contributed by atoms with Gasteiger partial charge in [0.25, 0.3) is 0 Å². The summed E-state index contributed by atoms with van der Waals surface area (Å²) in [4.78, 5) is 28.5. The highest BCUT2D eigenvalue weighted by molar-refractivity contribution is 7.90. The van der Waals surface area contributed by atoms with Gasteiger partial charge in [-0.25, -0.2) is 4.31 Å². The summed E-state index contributed by atoms with van der Waals surface area (Å²) in [6, 6.07) is 11.7. The molecule has 0 aliphatic heterocycles. The maximum atomic E-state index is 13.9. The van der Waals surface area contributed by atoms with Crippen LogP contribution in [0.1, 0.15) is 49.8 Å². The van der Waals surface area contributed by atoms with Gasteiger partial charge < -0.3 is 10.2 Å². The van der Waals surface area contributed by atoms with Gasteiger partial charge in [0.2, 0.25) is 11.8 Å². The van der Waals surface area contributed by atoms with Crippen LogP contribution in [0.15, 0.2) is 42.5 Å². The Kier molecular flexibility index (Phi) is 11.4. The number of carbonyl (C=O) groups is 2. The van der Waals surface area contributed by atoms with E-state index in [1.807, 2.05) is 32.9 Å². The van der Waals surface area contributed by atoms with Crippen LogP contribution in [-0.4, -0.2) is 62.7 Å². The lowest BCUT2D eigenvalue weighted by molar-refractivity contribution is -0.140. The summed E-state index contributed by atoms with van der Waals surface area (Å²) in [6.45, 7) is 7.75. The number of carbonyl (C=O) groups excluding carboxylic acids is 2. The minimum absolute atomic E-state index is 0.137. The molecule has 0 fully saturated rings. The van der Waals surface area contributed by atoms with E-state index in [-0.39, 0.29) is 12.5 Å². The topological polar surface area (TPSA) is 90.0 Å². The second-order valence-corrected chi connectivity index (χ2v) is 11.8. The molecule has 1 N–H and O–H groups in total. The maximum Gasteiger partial charge on any atom is 0.304 e. The molecule has 204 valence electrons. The standard InChI is InChI=1S/C27H39ClN4O4S/c1-7-9-16-29-27(34)24(8-2)31(18-22-12-14-23(28)15-13-22)26(33)19-32(37(35,36)30(5)6)25-17-20(3)10-11-21(25)4/h10-15,17,24H,7-9,16,18-19H2,1-6H3,(H,29,34)/t24-/m1/s1. The van der Waals surface area contributed by atoms with Crippen molar-refractivity contribution in [2.75, 3.05) is 31.5 Å². The van der Waals surface area contributed by atoms with E-state index >= 15 is 0 Å². The Bertz CT molecular complexity index is 1170. The second kappa shape index (κ2) is 13.8. The van der Waals surface area contributed by atoms with Crippen LogP contribution in [0.25, 0.3) is 0 Å². The van der Waals surface area contributed by atoms with Crippen molar-refractivity contribution in [1.29, 1.82) is 0 Å². The first-order chi connectivity index (χ1) is 17.4. The molecule has 0 saturated carbocycles. The molecule has 0 saturated heterocycles. The van der Waals surface area contributed by atoms with Crippen molar-refractivity contribution < 1.29 is 18.0 Å². The Morgan fingerprint density at radius 1 is 1.03 bits per heavy atom. The van der Waals surface area contributed by atoms with E-state index in [0.717, 1.165) is 38.1 Å². The van der Waals surface area contributed by atoms with Gasteiger partial charge in [-0.2, -0.15) is 12.7 Å². The summed E-state index contributed by atoms with van der Waals surface area (Å²) < 4.78 is 29.0. The highest BCUT2D eigenvalue weighted by Crippen LogP contribution is 2.26. The van der Waals surface area contributed by atoms with Crippen molar-refractivity contribution in [1.82, 2.24) is 14.5 Å². The van der Waals surface area contributed by atoms with Crippen LogP contribution in [0.2, 0.25) is 5.02 Å². The molecule has 1 atom stereocenters. The molecule has 0 radical (unpaired) electrons. The van der Waals surface area contributed by atoms with Crippen molar-refractivity contribution in [3.63, 3.8) is 0 Å². The molecule has 0 unspecified atom stereocenters. The average Bonchev–Trinajstić information content (AvgIpc) is 2.85. The fourth-order valence-electron chi connectivity index (χ4n) is 3.90. The Balaban J connectivity index is 2.51. The number of anilines is 1. The van der Waals surface area contributed by atoms with Crippen LogP contribution < -0.4 is 9.62 Å². The van der Waals surface area contributed by atoms with E-state index in [4.69, 9.17) is 11.6 Å². The van der Waals surface area contributed by atoms with Crippen molar-refractivity contribution in [3.05, 3.63) is 64.2 Å². The zero-order valence-corrected chi connectivity index (χ0v) is 24.2. The third-order valence-electron chi connectivity index (χ3n) is 6.13. The molecule has 0 bridgehead atoms. The van der Waals surface area contributed by atoms with Gasteiger partial charge in [-0.3, -0.25) is 9.59 Å². The molecule has 2 rings (SSSR count). The molecule has 2 aromatic rings. The lowest BCUT2D eigenvalue weighted by Crippen LogP contribution is -2.53. The van der Waals surface area contributed by atoms with Crippen molar-refractivity contribution in [3.8, 4) is 0 Å². The molecule has 0 aromatic heterocycles. The van der Waals surface area contributed by atoms with Gasteiger partial charge in [0.15, 0.2) is 0 Å². The Morgan fingerprint density at radius 3 is 2.24 bits per heavy atom. The highest BCUT2D eigenvalue weighted by Gasteiger charge is 2.34. The number of aryl methyl sites for hydroxylation is 2. The normalized spacial score (nSPS) is 12.3. The first-order valence-corrected chi connectivity index (χ1v) is 14.3. The van der Waals surface area contributed by atoms with Crippen LogP contribution in [0.3, 0.4) is 0 Å². The number of benzene rings is 2. The lowest BCUT2D eigenvalue weighted by Gasteiger charge is -2.34. The molecule has 37 heavy (non-hydrogen) atoms. The zero-order valence-electron chi connectivity index (χ0n) is 22.6. The van der Waals surface area contributed by atoms with Crippen LogP contribution >= 0.6 is 11.6 Å². The van der Waals surface area contributed by atoms with Gasteiger partial charge in [-0.15, -0.1) is 0 Å². The van der Waals surface area contributed by atoms with Gasteiger partial charge in [-0.1, -0.05) is 56.1 Å². The molecular weight excluding hydrogens is 512 g/mol. The number of nitrogens with one attached hydrogen (secondary N) is 1. The van der Waals surface area contributed by atoms with Crippen LogP contribution in [0.4, 0.5) is 5.69 Å². The molecule has 10 heteroatoms. The second-order valence-electron chi connectivity index (χ2n) is 9.30. The van der Waals surface area contributed by atoms with E-state index in [1.54, 1.807) is 37.3 Å². The minimum atomic E-state index is -4.01. The van der Waals surface area contributed by atoms with Crippen LogP contribution in [0.5, 0.6) is 0 Å². The van der Waals surface area contributed by atoms with E-state index in [2.05, 4.69) is 5.32 Å². The molecule has 0 aliphatic carbocycles. The third kappa shape index (κ3) is 8.18. The minimum Gasteiger partial charge on any atom is -0.354 e. The molecule has 2 amide bonds. The number of unbranched alkanes of at least 4 members (excludes halogenated alkanes) is 1. The monoisotopic (exact) mass is 550 g/mol. The molecular formula is C27H39ClN4O4S. The number of hydrogen-bond acceptors (Lipinski definition) is 4. The highest BCUT2D eigenvalue weighted by atomic mass is 35.5. The molecule has 8 nitrogen and oxygen atoms in total. The van der Waals surface area contributed by atoms with Crippen molar-refractivity contribution in [2.45, 2.75) is 59.5 Å². The van der Waals surface area contributed by atoms with E-state index in [9.17, 15) is 18.0 Å². The SMILES string of the molecule is CCCCNC(=O)[C@@H](CC)N(Cc1ccc(Cl)cc1)C(=O)CN(c1cc(C)ccc1C)S(=O)(=O)N(C)C. The molecule has 2 aromatic carbocycles.